The summed E-state index contributed by atoms with van der Waals surface area (Å²) in [6, 6.07) is 0. The highest BCUT2D eigenvalue weighted by Crippen LogP contribution is 2.07. The Balaban J connectivity index is 1.91. The SMILES string of the molecule is CCc1nn(C)cc1CNCc1csc(=O)[nH]1. The van der Waals surface area contributed by atoms with Crippen molar-refractivity contribution < 1.29 is 0 Å². The Morgan fingerprint density at radius 1 is 1.53 bits per heavy atom. The zero-order valence-electron chi connectivity index (χ0n) is 9.99. The molecule has 0 saturated carbocycles. The molecule has 0 fully saturated rings. The molecule has 0 aliphatic rings. The second kappa shape index (κ2) is 5.29. The minimum Gasteiger partial charge on any atom is -0.315 e. The highest BCUT2D eigenvalue weighted by atomic mass is 32.1. The van der Waals surface area contributed by atoms with E-state index in [0.29, 0.717) is 6.54 Å². The summed E-state index contributed by atoms with van der Waals surface area (Å²) in [5.74, 6) is 0. The molecule has 6 heteroatoms. The molecule has 2 rings (SSSR count). The fourth-order valence-corrected chi connectivity index (χ4v) is 2.34. The summed E-state index contributed by atoms with van der Waals surface area (Å²) in [4.78, 5) is 13.7. The molecule has 0 amide bonds. The van der Waals surface area contributed by atoms with E-state index in [1.165, 1.54) is 16.9 Å². The monoisotopic (exact) mass is 252 g/mol. The van der Waals surface area contributed by atoms with E-state index in [9.17, 15) is 4.79 Å². The van der Waals surface area contributed by atoms with Crippen LogP contribution in [0, 0.1) is 0 Å². The molecule has 0 spiro atoms. The molecular formula is C11H16N4OS. The molecule has 0 atom stereocenters. The molecule has 2 heterocycles. The van der Waals surface area contributed by atoms with Crippen molar-refractivity contribution in [3.63, 3.8) is 0 Å². The number of aromatic amines is 1. The third kappa shape index (κ3) is 3.04. The number of nitrogens with zero attached hydrogens (tertiary/aromatic N) is 2. The first-order chi connectivity index (χ1) is 8.19. The Morgan fingerprint density at radius 2 is 2.35 bits per heavy atom. The Labute approximate surface area is 103 Å². The summed E-state index contributed by atoms with van der Waals surface area (Å²) in [7, 11) is 1.93. The van der Waals surface area contributed by atoms with Gasteiger partial charge in [0.15, 0.2) is 0 Å². The van der Waals surface area contributed by atoms with Crippen molar-refractivity contribution in [3.8, 4) is 0 Å². The number of nitrogens with one attached hydrogen (secondary N) is 2. The second-order valence-corrected chi connectivity index (χ2v) is 4.75. The number of aryl methyl sites for hydroxylation is 2. The topological polar surface area (TPSA) is 62.7 Å². The lowest BCUT2D eigenvalue weighted by Gasteiger charge is -2.02. The fraction of sp³-hybridized carbons (Fsp3) is 0.455. The number of rotatable bonds is 5. The van der Waals surface area contributed by atoms with E-state index < -0.39 is 0 Å². The van der Waals surface area contributed by atoms with Gasteiger partial charge < -0.3 is 10.3 Å². The van der Waals surface area contributed by atoms with Gasteiger partial charge in [-0.15, -0.1) is 0 Å². The Bertz CT molecular complexity index is 540. The predicted octanol–water partition coefficient (Wildman–Crippen LogP) is 1.02. The van der Waals surface area contributed by atoms with Gasteiger partial charge in [0.1, 0.15) is 0 Å². The van der Waals surface area contributed by atoms with E-state index in [0.717, 1.165) is 24.4 Å². The minimum absolute atomic E-state index is 0.00238. The van der Waals surface area contributed by atoms with Crippen LogP contribution >= 0.6 is 11.3 Å². The summed E-state index contributed by atoms with van der Waals surface area (Å²) >= 11 is 1.19. The predicted molar refractivity (Wildman–Crippen MR) is 68.1 cm³/mol. The molecule has 17 heavy (non-hydrogen) atoms. The number of thiazole rings is 1. The van der Waals surface area contributed by atoms with Gasteiger partial charge in [0.05, 0.1) is 5.69 Å². The highest BCUT2D eigenvalue weighted by molar-refractivity contribution is 7.07. The van der Waals surface area contributed by atoms with Crippen LogP contribution in [0.3, 0.4) is 0 Å². The van der Waals surface area contributed by atoms with Gasteiger partial charge >= 0.3 is 4.87 Å². The van der Waals surface area contributed by atoms with Crippen LogP contribution < -0.4 is 10.2 Å². The van der Waals surface area contributed by atoms with Crippen molar-refractivity contribution in [2.45, 2.75) is 26.4 Å². The average molecular weight is 252 g/mol. The lowest BCUT2D eigenvalue weighted by atomic mass is 10.2. The van der Waals surface area contributed by atoms with E-state index in [1.54, 1.807) is 0 Å². The van der Waals surface area contributed by atoms with E-state index in [-0.39, 0.29) is 4.87 Å². The maximum atomic E-state index is 10.9. The largest absolute Gasteiger partial charge is 0.315 e. The van der Waals surface area contributed by atoms with Crippen LogP contribution in [0.2, 0.25) is 0 Å². The normalized spacial score (nSPS) is 10.9. The lowest BCUT2D eigenvalue weighted by Crippen LogP contribution is -2.14. The van der Waals surface area contributed by atoms with Crippen molar-refractivity contribution >= 4 is 11.3 Å². The number of hydrogen-bond donors (Lipinski definition) is 2. The smallest absolute Gasteiger partial charge is 0.304 e. The molecule has 0 saturated heterocycles. The summed E-state index contributed by atoms with van der Waals surface area (Å²) in [6.07, 6.45) is 2.97. The van der Waals surface area contributed by atoms with Gasteiger partial charge in [-0.2, -0.15) is 5.10 Å². The van der Waals surface area contributed by atoms with Crippen LogP contribution in [0.5, 0.6) is 0 Å². The van der Waals surface area contributed by atoms with Crippen molar-refractivity contribution in [3.05, 3.63) is 38.2 Å². The average Bonchev–Trinajstić information content (AvgIpc) is 2.85. The third-order valence-corrected chi connectivity index (χ3v) is 3.25. The Kier molecular flexibility index (Phi) is 3.75. The summed E-state index contributed by atoms with van der Waals surface area (Å²) in [5, 5.41) is 9.53. The van der Waals surface area contributed by atoms with Crippen LogP contribution in [-0.2, 0) is 26.6 Å². The van der Waals surface area contributed by atoms with Crippen molar-refractivity contribution in [1.82, 2.24) is 20.1 Å². The summed E-state index contributed by atoms with van der Waals surface area (Å²) in [6.45, 7) is 3.55. The van der Waals surface area contributed by atoms with Gasteiger partial charge in [-0.3, -0.25) is 9.48 Å². The number of aromatic nitrogens is 3. The van der Waals surface area contributed by atoms with Gasteiger partial charge in [-0.05, 0) is 6.42 Å². The maximum absolute atomic E-state index is 10.9. The first kappa shape index (κ1) is 12.1. The molecule has 0 radical (unpaired) electrons. The molecule has 2 aromatic heterocycles. The standard InChI is InChI=1S/C11H16N4OS/c1-3-10-8(6-15(2)14-10)4-12-5-9-7-17-11(16)13-9/h6-7,12H,3-5H2,1-2H3,(H,13,16). The van der Waals surface area contributed by atoms with Crippen LogP contribution in [0.15, 0.2) is 16.4 Å². The van der Waals surface area contributed by atoms with E-state index in [2.05, 4.69) is 22.3 Å². The van der Waals surface area contributed by atoms with E-state index in [4.69, 9.17) is 0 Å². The van der Waals surface area contributed by atoms with Gasteiger partial charge in [0.2, 0.25) is 0 Å². The molecule has 92 valence electrons. The first-order valence-corrected chi connectivity index (χ1v) is 6.45. The second-order valence-electron chi connectivity index (χ2n) is 3.91. The fourth-order valence-electron chi connectivity index (χ4n) is 1.76. The zero-order valence-corrected chi connectivity index (χ0v) is 10.8. The number of hydrogen-bond acceptors (Lipinski definition) is 4. The highest BCUT2D eigenvalue weighted by Gasteiger charge is 2.05. The zero-order chi connectivity index (χ0) is 12.3. The molecule has 0 bridgehead atoms. The van der Waals surface area contributed by atoms with Gasteiger partial charge in [0, 0.05) is 43.0 Å². The molecule has 0 aliphatic carbocycles. The van der Waals surface area contributed by atoms with Gasteiger partial charge in [0.25, 0.3) is 0 Å². The van der Waals surface area contributed by atoms with Crippen LogP contribution in [0.25, 0.3) is 0 Å². The Morgan fingerprint density at radius 3 is 3.00 bits per heavy atom. The number of H-pyrrole nitrogens is 1. The summed E-state index contributed by atoms with van der Waals surface area (Å²) < 4.78 is 1.84. The van der Waals surface area contributed by atoms with Crippen LogP contribution in [0.1, 0.15) is 23.9 Å². The lowest BCUT2D eigenvalue weighted by molar-refractivity contribution is 0.677. The van der Waals surface area contributed by atoms with Crippen LogP contribution in [0.4, 0.5) is 0 Å². The molecule has 2 N–H and O–H groups in total. The van der Waals surface area contributed by atoms with Gasteiger partial charge in [-0.25, -0.2) is 0 Å². The van der Waals surface area contributed by atoms with E-state index in [1.807, 2.05) is 23.3 Å². The van der Waals surface area contributed by atoms with Gasteiger partial charge in [-0.1, -0.05) is 18.3 Å². The summed E-state index contributed by atoms with van der Waals surface area (Å²) in [5.41, 5.74) is 3.27. The van der Waals surface area contributed by atoms with Crippen molar-refractivity contribution in [1.29, 1.82) is 0 Å². The molecule has 2 aromatic rings. The third-order valence-electron chi connectivity index (χ3n) is 2.53. The van der Waals surface area contributed by atoms with Crippen molar-refractivity contribution in [2.75, 3.05) is 0 Å². The van der Waals surface area contributed by atoms with E-state index >= 15 is 0 Å². The molecular weight excluding hydrogens is 236 g/mol. The van der Waals surface area contributed by atoms with Crippen molar-refractivity contribution in [2.24, 2.45) is 7.05 Å². The first-order valence-electron chi connectivity index (χ1n) is 5.58. The van der Waals surface area contributed by atoms with Crippen LogP contribution in [-0.4, -0.2) is 14.8 Å². The minimum atomic E-state index is -0.00238. The molecule has 5 nitrogen and oxygen atoms in total. The quantitative estimate of drug-likeness (QED) is 0.835. The molecule has 0 unspecified atom stereocenters. The molecule has 0 aromatic carbocycles. The maximum Gasteiger partial charge on any atom is 0.304 e. The molecule has 0 aliphatic heterocycles. The Hall–Kier alpha value is -1.40.